The third kappa shape index (κ3) is 3.73. The number of amides is 1. The van der Waals surface area contributed by atoms with Crippen molar-refractivity contribution < 1.29 is 14.3 Å². The summed E-state index contributed by atoms with van der Waals surface area (Å²) in [4.78, 5) is 12.2. The molecule has 21 heavy (non-hydrogen) atoms. The molecule has 1 amide bonds. The Bertz CT molecular complexity index is 513. The van der Waals surface area contributed by atoms with Crippen molar-refractivity contribution in [2.75, 3.05) is 26.9 Å². The van der Waals surface area contributed by atoms with Gasteiger partial charge in [0.15, 0.2) is 0 Å². The van der Waals surface area contributed by atoms with E-state index in [1.807, 2.05) is 24.3 Å². The van der Waals surface area contributed by atoms with Crippen LogP contribution in [-0.2, 0) is 16.0 Å². The van der Waals surface area contributed by atoms with Crippen LogP contribution in [0.4, 0.5) is 0 Å². The van der Waals surface area contributed by atoms with Crippen LogP contribution in [0.15, 0.2) is 24.3 Å². The third-order valence-corrected chi connectivity index (χ3v) is 3.85. The van der Waals surface area contributed by atoms with Crippen LogP contribution < -0.4 is 10.1 Å². The van der Waals surface area contributed by atoms with Gasteiger partial charge in [0, 0.05) is 19.8 Å². The van der Waals surface area contributed by atoms with Crippen LogP contribution in [0.1, 0.15) is 18.4 Å². The first-order chi connectivity index (χ1) is 10.2. The van der Waals surface area contributed by atoms with E-state index in [9.17, 15) is 10.1 Å². The highest BCUT2D eigenvalue weighted by Crippen LogP contribution is 2.29. The van der Waals surface area contributed by atoms with Gasteiger partial charge in [-0.1, -0.05) is 12.1 Å². The van der Waals surface area contributed by atoms with E-state index in [-0.39, 0.29) is 5.91 Å². The molecule has 2 rings (SSSR count). The fourth-order valence-electron chi connectivity index (χ4n) is 2.39. The van der Waals surface area contributed by atoms with Crippen LogP contribution in [0.25, 0.3) is 0 Å². The standard InChI is InChI=1S/C16H20N2O3/c1-20-14-4-2-13(3-5-14)6-9-18-15(19)16(12-17)7-10-21-11-8-16/h2-5H,6-11H2,1H3,(H,18,19). The van der Waals surface area contributed by atoms with Crippen molar-refractivity contribution >= 4 is 5.91 Å². The van der Waals surface area contributed by atoms with E-state index in [0.717, 1.165) is 17.7 Å². The summed E-state index contributed by atoms with van der Waals surface area (Å²) >= 11 is 0. The highest BCUT2D eigenvalue weighted by Gasteiger charge is 2.40. The molecule has 0 saturated carbocycles. The van der Waals surface area contributed by atoms with Crippen molar-refractivity contribution in [3.05, 3.63) is 29.8 Å². The van der Waals surface area contributed by atoms with Crippen LogP contribution in [0.5, 0.6) is 5.75 Å². The molecule has 5 heteroatoms. The number of methoxy groups -OCH3 is 1. The molecule has 1 N–H and O–H groups in total. The third-order valence-electron chi connectivity index (χ3n) is 3.85. The molecule has 1 aliphatic heterocycles. The van der Waals surface area contributed by atoms with Gasteiger partial charge in [-0.3, -0.25) is 4.79 Å². The van der Waals surface area contributed by atoms with Crippen molar-refractivity contribution in [3.63, 3.8) is 0 Å². The predicted octanol–water partition coefficient (Wildman–Crippen LogP) is 1.67. The Morgan fingerprint density at radius 2 is 2.05 bits per heavy atom. The van der Waals surface area contributed by atoms with E-state index in [0.29, 0.717) is 32.6 Å². The number of nitrogens with one attached hydrogen (secondary N) is 1. The average Bonchev–Trinajstić information content (AvgIpc) is 2.56. The summed E-state index contributed by atoms with van der Waals surface area (Å²) in [5.74, 6) is 0.634. The number of ether oxygens (including phenoxy) is 2. The highest BCUT2D eigenvalue weighted by molar-refractivity contribution is 5.85. The molecular formula is C16H20N2O3. The zero-order valence-corrected chi connectivity index (χ0v) is 12.2. The van der Waals surface area contributed by atoms with Gasteiger partial charge in [0.25, 0.3) is 0 Å². The quantitative estimate of drug-likeness (QED) is 0.894. The Kier molecular flexibility index (Phi) is 5.18. The van der Waals surface area contributed by atoms with Gasteiger partial charge in [0.05, 0.1) is 13.2 Å². The first-order valence-corrected chi connectivity index (χ1v) is 7.10. The molecule has 1 aliphatic rings. The fraction of sp³-hybridized carbons (Fsp3) is 0.500. The Balaban J connectivity index is 1.84. The average molecular weight is 288 g/mol. The number of hydrogen-bond donors (Lipinski definition) is 1. The van der Waals surface area contributed by atoms with Gasteiger partial charge < -0.3 is 14.8 Å². The monoisotopic (exact) mass is 288 g/mol. The van der Waals surface area contributed by atoms with Crippen LogP contribution in [-0.4, -0.2) is 32.8 Å². The molecule has 1 aromatic carbocycles. The van der Waals surface area contributed by atoms with Gasteiger partial charge in [-0.25, -0.2) is 0 Å². The minimum absolute atomic E-state index is 0.179. The Morgan fingerprint density at radius 3 is 2.62 bits per heavy atom. The summed E-state index contributed by atoms with van der Waals surface area (Å²) in [6.07, 6.45) is 1.67. The van der Waals surface area contributed by atoms with Gasteiger partial charge >= 0.3 is 0 Å². The summed E-state index contributed by atoms with van der Waals surface area (Å²) in [5.41, 5.74) is 0.201. The molecule has 1 fully saturated rings. The molecule has 1 aromatic rings. The maximum atomic E-state index is 12.2. The lowest BCUT2D eigenvalue weighted by Gasteiger charge is -2.29. The lowest BCUT2D eigenvalue weighted by molar-refractivity contribution is -0.132. The lowest BCUT2D eigenvalue weighted by Crippen LogP contribution is -2.44. The first kappa shape index (κ1) is 15.3. The summed E-state index contributed by atoms with van der Waals surface area (Å²) in [6.45, 7) is 1.47. The van der Waals surface area contributed by atoms with E-state index < -0.39 is 5.41 Å². The second kappa shape index (κ2) is 7.09. The van der Waals surface area contributed by atoms with Crippen molar-refractivity contribution in [2.24, 2.45) is 5.41 Å². The molecule has 0 bridgehead atoms. The maximum absolute atomic E-state index is 12.2. The van der Waals surface area contributed by atoms with Gasteiger partial charge in [0.2, 0.25) is 5.91 Å². The number of carbonyl (C=O) groups is 1. The molecule has 0 radical (unpaired) electrons. The number of benzene rings is 1. The zero-order chi connectivity index (χ0) is 15.1. The zero-order valence-electron chi connectivity index (χ0n) is 12.2. The van der Waals surface area contributed by atoms with E-state index in [1.54, 1.807) is 7.11 Å². The van der Waals surface area contributed by atoms with Crippen LogP contribution in [0.2, 0.25) is 0 Å². The molecule has 0 spiro atoms. The molecule has 1 heterocycles. The van der Waals surface area contributed by atoms with Gasteiger partial charge in [-0.2, -0.15) is 5.26 Å². The number of nitrogens with zero attached hydrogens (tertiary/aromatic N) is 1. The summed E-state index contributed by atoms with van der Waals surface area (Å²) in [7, 11) is 1.63. The Morgan fingerprint density at radius 1 is 1.38 bits per heavy atom. The van der Waals surface area contributed by atoms with Gasteiger partial charge in [-0.05, 0) is 37.0 Å². The second-order valence-corrected chi connectivity index (χ2v) is 5.16. The van der Waals surface area contributed by atoms with E-state index in [1.165, 1.54) is 0 Å². The molecule has 112 valence electrons. The number of nitriles is 1. The second-order valence-electron chi connectivity index (χ2n) is 5.16. The SMILES string of the molecule is COc1ccc(CCNC(=O)C2(C#N)CCOCC2)cc1. The minimum atomic E-state index is -0.918. The summed E-state index contributed by atoms with van der Waals surface area (Å²) in [6, 6.07) is 9.91. The first-order valence-electron chi connectivity index (χ1n) is 7.10. The van der Waals surface area contributed by atoms with Crippen LogP contribution >= 0.6 is 0 Å². The molecule has 5 nitrogen and oxygen atoms in total. The molecule has 1 saturated heterocycles. The maximum Gasteiger partial charge on any atom is 0.240 e. The molecule has 0 unspecified atom stereocenters. The summed E-state index contributed by atoms with van der Waals surface area (Å²) in [5, 5.41) is 12.2. The van der Waals surface area contributed by atoms with Gasteiger partial charge in [0.1, 0.15) is 11.2 Å². The van der Waals surface area contributed by atoms with E-state index in [2.05, 4.69) is 11.4 Å². The number of rotatable bonds is 5. The molecular weight excluding hydrogens is 268 g/mol. The van der Waals surface area contributed by atoms with E-state index >= 15 is 0 Å². The van der Waals surface area contributed by atoms with Crippen molar-refractivity contribution in [1.29, 1.82) is 5.26 Å². The molecule has 0 aliphatic carbocycles. The van der Waals surface area contributed by atoms with Crippen molar-refractivity contribution in [1.82, 2.24) is 5.32 Å². The number of carbonyl (C=O) groups excluding carboxylic acids is 1. The molecule has 0 atom stereocenters. The van der Waals surface area contributed by atoms with Crippen LogP contribution in [0.3, 0.4) is 0 Å². The van der Waals surface area contributed by atoms with Crippen molar-refractivity contribution in [2.45, 2.75) is 19.3 Å². The van der Waals surface area contributed by atoms with Crippen molar-refractivity contribution in [3.8, 4) is 11.8 Å². The van der Waals surface area contributed by atoms with Gasteiger partial charge in [-0.15, -0.1) is 0 Å². The topological polar surface area (TPSA) is 71.3 Å². The van der Waals surface area contributed by atoms with E-state index in [4.69, 9.17) is 9.47 Å². The summed E-state index contributed by atoms with van der Waals surface area (Å²) < 4.78 is 10.3. The smallest absolute Gasteiger partial charge is 0.240 e. The predicted molar refractivity (Wildman–Crippen MR) is 77.8 cm³/mol. The largest absolute Gasteiger partial charge is 0.497 e. The van der Waals surface area contributed by atoms with Crippen LogP contribution in [0, 0.1) is 16.7 Å². The lowest BCUT2D eigenvalue weighted by atomic mass is 9.81. The normalized spacial score (nSPS) is 16.8. The highest BCUT2D eigenvalue weighted by atomic mass is 16.5. The minimum Gasteiger partial charge on any atom is -0.497 e. The Hall–Kier alpha value is -2.06. The Labute approximate surface area is 124 Å². The fourth-order valence-corrected chi connectivity index (χ4v) is 2.39. The molecule has 0 aromatic heterocycles. The number of hydrogen-bond acceptors (Lipinski definition) is 4.